The molecule has 3 rings (SSSR count). The van der Waals surface area contributed by atoms with Gasteiger partial charge in [-0.2, -0.15) is 5.10 Å². The quantitative estimate of drug-likeness (QED) is 0.839. The maximum atomic E-state index is 4.23. The van der Waals surface area contributed by atoms with Gasteiger partial charge in [0.05, 0.1) is 12.5 Å². The highest BCUT2D eigenvalue weighted by molar-refractivity contribution is 5.08. The minimum atomic E-state index is 0.664. The van der Waals surface area contributed by atoms with Crippen molar-refractivity contribution in [3.05, 3.63) is 36.2 Å². The van der Waals surface area contributed by atoms with E-state index in [1.807, 2.05) is 30.5 Å². The Balaban J connectivity index is 1.56. The van der Waals surface area contributed by atoms with Crippen LogP contribution in [-0.4, -0.2) is 37.3 Å². The lowest BCUT2D eigenvalue weighted by Gasteiger charge is -2.31. The summed E-state index contributed by atoms with van der Waals surface area (Å²) in [5, 5.41) is 4.23. The molecule has 0 amide bonds. The molecule has 2 aromatic heterocycles. The standard InChI is InChI=1S/C14H21N5/c1-17-11-15-8-14(17)13-3-5-19(6-4-13)10-12-7-16-18(2)9-12/h7-9,11,13H,3-6,10H2,1-2H3. The summed E-state index contributed by atoms with van der Waals surface area (Å²) in [4.78, 5) is 6.74. The Morgan fingerprint density at radius 2 is 2.00 bits per heavy atom. The number of rotatable bonds is 3. The van der Waals surface area contributed by atoms with Crippen molar-refractivity contribution in [2.75, 3.05) is 13.1 Å². The molecule has 0 N–H and O–H groups in total. The van der Waals surface area contributed by atoms with E-state index in [2.05, 4.69) is 32.8 Å². The molecule has 2 aromatic rings. The molecule has 1 aliphatic rings. The zero-order chi connectivity index (χ0) is 13.2. The van der Waals surface area contributed by atoms with Crippen LogP contribution in [0.1, 0.15) is 30.0 Å². The molecule has 1 fully saturated rings. The normalized spacial score (nSPS) is 18.0. The highest BCUT2D eigenvalue weighted by Gasteiger charge is 2.22. The van der Waals surface area contributed by atoms with Gasteiger partial charge in [-0.1, -0.05) is 0 Å². The smallest absolute Gasteiger partial charge is 0.0945 e. The zero-order valence-corrected chi connectivity index (χ0v) is 11.7. The molecule has 19 heavy (non-hydrogen) atoms. The van der Waals surface area contributed by atoms with Crippen molar-refractivity contribution in [3.63, 3.8) is 0 Å². The third-order valence-electron chi connectivity index (χ3n) is 4.02. The first-order valence-electron chi connectivity index (χ1n) is 6.88. The maximum absolute atomic E-state index is 4.23. The van der Waals surface area contributed by atoms with Gasteiger partial charge in [-0.3, -0.25) is 9.58 Å². The van der Waals surface area contributed by atoms with Crippen LogP contribution < -0.4 is 0 Å². The van der Waals surface area contributed by atoms with Crippen LogP contribution in [0.25, 0.3) is 0 Å². The Kier molecular flexibility index (Phi) is 3.38. The summed E-state index contributed by atoms with van der Waals surface area (Å²) < 4.78 is 4.03. The van der Waals surface area contributed by atoms with Gasteiger partial charge in [0.15, 0.2) is 0 Å². The molecular formula is C14H21N5. The first kappa shape index (κ1) is 12.4. The van der Waals surface area contributed by atoms with Crippen molar-refractivity contribution < 1.29 is 0 Å². The number of nitrogens with zero attached hydrogens (tertiary/aromatic N) is 5. The largest absolute Gasteiger partial charge is 0.337 e. The number of piperidine rings is 1. The fraction of sp³-hybridized carbons (Fsp3) is 0.571. The highest BCUT2D eigenvalue weighted by Crippen LogP contribution is 2.27. The number of hydrogen-bond acceptors (Lipinski definition) is 3. The number of hydrogen-bond donors (Lipinski definition) is 0. The van der Waals surface area contributed by atoms with Gasteiger partial charge in [0, 0.05) is 50.2 Å². The van der Waals surface area contributed by atoms with E-state index in [0.717, 1.165) is 19.6 Å². The second-order valence-electron chi connectivity index (χ2n) is 5.50. The van der Waals surface area contributed by atoms with E-state index in [-0.39, 0.29) is 0 Å². The molecule has 1 aliphatic heterocycles. The topological polar surface area (TPSA) is 38.9 Å². The number of likely N-dealkylation sites (tertiary alicyclic amines) is 1. The van der Waals surface area contributed by atoms with Crippen LogP contribution in [0.5, 0.6) is 0 Å². The molecule has 102 valence electrons. The third-order valence-corrected chi connectivity index (χ3v) is 4.02. The van der Waals surface area contributed by atoms with Crippen LogP contribution in [0.3, 0.4) is 0 Å². The van der Waals surface area contributed by atoms with Gasteiger partial charge in [0.2, 0.25) is 0 Å². The fourth-order valence-corrected chi connectivity index (χ4v) is 2.96. The Bertz CT molecular complexity index is 534. The van der Waals surface area contributed by atoms with Crippen LogP contribution >= 0.6 is 0 Å². The summed E-state index contributed by atoms with van der Waals surface area (Å²) in [6.07, 6.45) is 10.4. The second kappa shape index (κ2) is 5.17. The maximum Gasteiger partial charge on any atom is 0.0945 e. The molecule has 1 saturated heterocycles. The number of imidazole rings is 1. The molecular weight excluding hydrogens is 238 g/mol. The van der Waals surface area contributed by atoms with Crippen molar-refractivity contribution in [2.45, 2.75) is 25.3 Å². The lowest BCUT2D eigenvalue weighted by atomic mass is 9.93. The van der Waals surface area contributed by atoms with Crippen LogP contribution in [0.15, 0.2) is 24.9 Å². The summed E-state index contributed by atoms with van der Waals surface area (Å²) in [5.41, 5.74) is 2.68. The molecule has 5 heteroatoms. The van der Waals surface area contributed by atoms with Gasteiger partial charge < -0.3 is 4.57 Å². The summed E-state index contributed by atoms with van der Waals surface area (Å²) in [6.45, 7) is 3.33. The first-order valence-corrected chi connectivity index (χ1v) is 6.88. The van der Waals surface area contributed by atoms with Crippen molar-refractivity contribution >= 4 is 0 Å². The second-order valence-corrected chi connectivity index (χ2v) is 5.50. The molecule has 0 bridgehead atoms. The van der Waals surface area contributed by atoms with E-state index in [9.17, 15) is 0 Å². The molecule has 0 aliphatic carbocycles. The summed E-state index contributed by atoms with van der Waals surface area (Å²) in [5.74, 6) is 0.664. The van der Waals surface area contributed by atoms with Gasteiger partial charge in [-0.15, -0.1) is 0 Å². The fourth-order valence-electron chi connectivity index (χ4n) is 2.96. The van der Waals surface area contributed by atoms with Crippen LogP contribution in [-0.2, 0) is 20.6 Å². The molecule has 0 spiro atoms. The Hall–Kier alpha value is -1.62. The lowest BCUT2D eigenvalue weighted by molar-refractivity contribution is 0.202. The van der Waals surface area contributed by atoms with E-state index >= 15 is 0 Å². The predicted octanol–water partition coefficient (Wildman–Crippen LogP) is 1.53. The first-order chi connectivity index (χ1) is 9.22. The molecule has 3 heterocycles. The van der Waals surface area contributed by atoms with Crippen LogP contribution in [0, 0.1) is 0 Å². The predicted molar refractivity (Wildman–Crippen MR) is 73.7 cm³/mol. The van der Waals surface area contributed by atoms with Gasteiger partial charge in [0.25, 0.3) is 0 Å². The van der Waals surface area contributed by atoms with Gasteiger partial charge >= 0.3 is 0 Å². The minimum absolute atomic E-state index is 0.664. The average Bonchev–Trinajstić information content (AvgIpc) is 3.00. The van der Waals surface area contributed by atoms with E-state index in [0.29, 0.717) is 5.92 Å². The van der Waals surface area contributed by atoms with E-state index in [1.165, 1.54) is 24.1 Å². The van der Waals surface area contributed by atoms with Crippen molar-refractivity contribution in [3.8, 4) is 0 Å². The lowest BCUT2D eigenvalue weighted by Crippen LogP contribution is -2.32. The highest BCUT2D eigenvalue weighted by atomic mass is 15.2. The van der Waals surface area contributed by atoms with Gasteiger partial charge in [0.1, 0.15) is 0 Å². The Morgan fingerprint density at radius 3 is 2.58 bits per heavy atom. The van der Waals surface area contributed by atoms with Crippen molar-refractivity contribution in [1.82, 2.24) is 24.2 Å². The molecule has 0 atom stereocenters. The summed E-state index contributed by atoms with van der Waals surface area (Å²) in [7, 11) is 4.06. The zero-order valence-electron chi connectivity index (χ0n) is 11.7. The SMILES string of the molecule is Cn1cc(CN2CCC(c3cncn3C)CC2)cn1. The van der Waals surface area contributed by atoms with Crippen LogP contribution in [0.4, 0.5) is 0 Å². The minimum Gasteiger partial charge on any atom is -0.337 e. The number of aryl methyl sites for hydroxylation is 2. The molecule has 0 unspecified atom stereocenters. The van der Waals surface area contributed by atoms with E-state index in [1.54, 1.807) is 0 Å². The van der Waals surface area contributed by atoms with E-state index in [4.69, 9.17) is 0 Å². The van der Waals surface area contributed by atoms with Gasteiger partial charge in [-0.25, -0.2) is 4.98 Å². The number of aromatic nitrogens is 4. The molecule has 0 saturated carbocycles. The monoisotopic (exact) mass is 259 g/mol. The Labute approximate surface area is 113 Å². The molecule has 5 nitrogen and oxygen atoms in total. The Morgan fingerprint density at radius 1 is 1.21 bits per heavy atom. The third kappa shape index (κ3) is 2.71. The van der Waals surface area contributed by atoms with Crippen LogP contribution in [0.2, 0.25) is 0 Å². The molecule has 0 aromatic carbocycles. The molecule has 0 radical (unpaired) electrons. The van der Waals surface area contributed by atoms with Crippen molar-refractivity contribution in [1.29, 1.82) is 0 Å². The van der Waals surface area contributed by atoms with Crippen molar-refractivity contribution in [2.24, 2.45) is 14.1 Å². The van der Waals surface area contributed by atoms with E-state index < -0.39 is 0 Å². The summed E-state index contributed by atoms with van der Waals surface area (Å²) in [6, 6.07) is 0. The van der Waals surface area contributed by atoms with Gasteiger partial charge in [-0.05, 0) is 25.9 Å². The average molecular weight is 259 g/mol. The summed E-state index contributed by atoms with van der Waals surface area (Å²) >= 11 is 0.